The van der Waals surface area contributed by atoms with E-state index >= 15 is 0 Å². The summed E-state index contributed by atoms with van der Waals surface area (Å²) in [7, 11) is 0. The van der Waals surface area contributed by atoms with Gasteiger partial charge >= 0.3 is 0 Å². The number of hydrogen-bond donors (Lipinski definition) is 0. The van der Waals surface area contributed by atoms with Gasteiger partial charge in [-0.3, -0.25) is 4.79 Å². The van der Waals surface area contributed by atoms with Crippen molar-refractivity contribution in [3.63, 3.8) is 0 Å². The molecule has 0 N–H and O–H groups in total. The van der Waals surface area contributed by atoms with E-state index in [9.17, 15) is 9.18 Å². The molecular formula is C16H17FN4OS. The number of carbonyl (C=O) groups is 1. The Labute approximate surface area is 138 Å². The van der Waals surface area contributed by atoms with Gasteiger partial charge in [-0.05, 0) is 18.2 Å². The fraction of sp³-hybridized carbons (Fsp3) is 0.312. The van der Waals surface area contributed by atoms with Crippen LogP contribution in [0.15, 0.2) is 47.9 Å². The lowest BCUT2D eigenvalue weighted by atomic mass is 10.2. The monoisotopic (exact) mass is 332 g/mol. The van der Waals surface area contributed by atoms with Gasteiger partial charge in [-0.1, -0.05) is 23.9 Å². The van der Waals surface area contributed by atoms with Gasteiger partial charge in [0.25, 0.3) is 0 Å². The maximum atomic E-state index is 13.8. The van der Waals surface area contributed by atoms with E-state index in [0.717, 1.165) is 0 Å². The number of rotatable bonds is 4. The molecule has 5 nitrogen and oxygen atoms in total. The first-order valence-corrected chi connectivity index (χ1v) is 8.39. The van der Waals surface area contributed by atoms with E-state index in [1.165, 1.54) is 17.8 Å². The molecule has 0 unspecified atom stereocenters. The molecule has 1 amide bonds. The second-order valence-electron chi connectivity index (χ2n) is 5.14. The third kappa shape index (κ3) is 3.98. The normalized spacial score (nSPS) is 14.8. The van der Waals surface area contributed by atoms with Crippen LogP contribution >= 0.6 is 11.8 Å². The zero-order chi connectivity index (χ0) is 16.1. The molecule has 2 heterocycles. The number of amides is 1. The van der Waals surface area contributed by atoms with Crippen LogP contribution in [-0.2, 0) is 4.79 Å². The predicted octanol–water partition coefficient (Wildman–Crippen LogP) is 2.06. The molecule has 1 aromatic carbocycles. The van der Waals surface area contributed by atoms with Crippen molar-refractivity contribution < 1.29 is 9.18 Å². The van der Waals surface area contributed by atoms with Crippen molar-refractivity contribution in [3.05, 3.63) is 48.5 Å². The highest BCUT2D eigenvalue weighted by molar-refractivity contribution is 7.99. The lowest BCUT2D eigenvalue weighted by Gasteiger charge is -2.36. The molecule has 0 aliphatic carbocycles. The number of anilines is 1. The summed E-state index contributed by atoms with van der Waals surface area (Å²) in [5.74, 6) is 0.170. The van der Waals surface area contributed by atoms with Crippen LogP contribution in [0.4, 0.5) is 10.1 Å². The molecule has 1 aliphatic rings. The van der Waals surface area contributed by atoms with Gasteiger partial charge < -0.3 is 9.80 Å². The highest BCUT2D eigenvalue weighted by atomic mass is 32.2. The number of benzene rings is 1. The Bertz CT molecular complexity index is 662. The smallest absolute Gasteiger partial charge is 0.233 e. The first-order chi connectivity index (χ1) is 11.2. The molecule has 0 bridgehead atoms. The van der Waals surface area contributed by atoms with E-state index in [1.807, 2.05) is 15.9 Å². The zero-order valence-electron chi connectivity index (χ0n) is 12.6. The zero-order valence-corrected chi connectivity index (χ0v) is 13.4. The molecular weight excluding hydrogens is 315 g/mol. The number of thioether (sulfide) groups is 1. The highest BCUT2D eigenvalue weighted by Crippen LogP contribution is 2.20. The Balaban J connectivity index is 1.50. The van der Waals surface area contributed by atoms with Crippen molar-refractivity contribution >= 4 is 23.4 Å². The number of para-hydroxylation sites is 1. The minimum Gasteiger partial charge on any atom is -0.366 e. The molecule has 0 saturated carbocycles. The van der Waals surface area contributed by atoms with Crippen LogP contribution in [0.25, 0.3) is 0 Å². The fourth-order valence-electron chi connectivity index (χ4n) is 2.48. The van der Waals surface area contributed by atoms with Gasteiger partial charge in [-0.2, -0.15) is 0 Å². The number of hydrogen-bond acceptors (Lipinski definition) is 5. The summed E-state index contributed by atoms with van der Waals surface area (Å²) < 4.78 is 13.8. The van der Waals surface area contributed by atoms with Crippen molar-refractivity contribution in [2.75, 3.05) is 36.8 Å². The molecule has 120 valence electrons. The Morgan fingerprint density at radius 1 is 1.09 bits per heavy atom. The van der Waals surface area contributed by atoms with Crippen LogP contribution < -0.4 is 4.90 Å². The van der Waals surface area contributed by atoms with Gasteiger partial charge in [0.2, 0.25) is 5.91 Å². The van der Waals surface area contributed by atoms with Crippen LogP contribution in [0.2, 0.25) is 0 Å². The standard InChI is InChI=1S/C16H17FN4OS/c17-13-4-1-2-5-14(13)20-8-10-21(11-9-20)15(22)12-23-16-18-6-3-7-19-16/h1-7H,8-12H2. The first-order valence-electron chi connectivity index (χ1n) is 7.41. The summed E-state index contributed by atoms with van der Waals surface area (Å²) in [4.78, 5) is 24.2. The van der Waals surface area contributed by atoms with Gasteiger partial charge in [-0.25, -0.2) is 14.4 Å². The first kappa shape index (κ1) is 15.7. The molecule has 7 heteroatoms. The topological polar surface area (TPSA) is 49.3 Å². The fourth-order valence-corrected chi connectivity index (χ4v) is 3.19. The number of nitrogens with zero attached hydrogens (tertiary/aromatic N) is 4. The Morgan fingerprint density at radius 3 is 2.48 bits per heavy atom. The molecule has 2 aromatic rings. The van der Waals surface area contributed by atoms with Gasteiger partial charge in [0.1, 0.15) is 5.82 Å². The van der Waals surface area contributed by atoms with Crippen LogP contribution in [0.5, 0.6) is 0 Å². The molecule has 1 aliphatic heterocycles. The highest BCUT2D eigenvalue weighted by Gasteiger charge is 2.22. The molecule has 1 saturated heterocycles. The predicted molar refractivity (Wildman–Crippen MR) is 87.9 cm³/mol. The molecule has 1 fully saturated rings. The summed E-state index contributed by atoms with van der Waals surface area (Å²) in [6, 6.07) is 8.49. The van der Waals surface area contributed by atoms with Gasteiger partial charge in [0, 0.05) is 38.6 Å². The number of halogens is 1. The van der Waals surface area contributed by atoms with E-state index in [0.29, 0.717) is 42.8 Å². The molecule has 0 radical (unpaired) electrons. The largest absolute Gasteiger partial charge is 0.366 e. The minimum absolute atomic E-state index is 0.0654. The van der Waals surface area contributed by atoms with Gasteiger partial charge in [0.15, 0.2) is 5.16 Å². The second kappa shape index (κ2) is 7.41. The van der Waals surface area contributed by atoms with E-state index in [4.69, 9.17) is 0 Å². The third-order valence-electron chi connectivity index (χ3n) is 3.69. The van der Waals surface area contributed by atoms with Gasteiger partial charge in [-0.15, -0.1) is 0 Å². The van der Waals surface area contributed by atoms with Crippen LogP contribution in [0.1, 0.15) is 0 Å². The number of carbonyl (C=O) groups excluding carboxylic acids is 1. The third-order valence-corrected chi connectivity index (χ3v) is 4.55. The Hall–Kier alpha value is -2.15. The van der Waals surface area contributed by atoms with Crippen molar-refractivity contribution in [2.24, 2.45) is 0 Å². The van der Waals surface area contributed by atoms with E-state index in [2.05, 4.69) is 9.97 Å². The van der Waals surface area contributed by atoms with Crippen molar-refractivity contribution in [1.29, 1.82) is 0 Å². The van der Waals surface area contributed by atoms with Crippen molar-refractivity contribution in [3.8, 4) is 0 Å². The van der Waals surface area contributed by atoms with Crippen LogP contribution in [0, 0.1) is 5.82 Å². The van der Waals surface area contributed by atoms with Gasteiger partial charge in [0.05, 0.1) is 11.4 Å². The lowest BCUT2D eigenvalue weighted by Crippen LogP contribution is -2.49. The Morgan fingerprint density at radius 2 is 1.78 bits per heavy atom. The van der Waals surface area contributed by atoms with E-state index in [1.54, 1.807) is 30.6 Å². The SMILES string of the molecule is O=C(CSc1ncccn1)N1CCN(c2ccccc2F)CC1. The molecule has 3 rings (SSSR count). The average Bonchev–Trinajstić information content (AvgIpc) is 2.61. The van der Waals surface area contributed by atoms with E-state index in [-0.39, 0.29) is 11.7 Å². The van der Waals surface area contributed by atoms with Crippen LogP contribution in [-0.4, -0.2) is 52.7 Å². The summed E-state index contributed by atoms with van der Waals surface area (Å²) >= 11 is 1.33. The average molecular weight is 332 g/mol. The molecule has 1 aromatic heterocycles. The molecule has 23 heavy (non-hydrogen) atoms. The summed E-state index contributed by atoms with van der Waals surface area (Å²) in [5, 5.41) is 0.603. The van der Waals surface area contributed by atoms with Crippen LogP contribution in [0.3, 0.4) is 0 Å². The number of aromatic nitrogens is 2. The summed E-state index contributed by atoms with van der Waals surface area (Å²) in [6.07, 6.45) is 3.32. The summed E-state index contributed by atoms with van der Waals surface area (Å²) in [5.41, 5.74) is 0.603. The summed E-state index contributed by atoms with van der Waals surface area (Å²) in [6.45, 7) is 2.48. The molecule has 0 atom stereocenters. The number of piperazine rings is 1. The maximum Gasteiger partial charge on any atom is 0.233 e. The quantitative estimate of drug-likeness (QED) is 0.634. The van der Waals surface area contributed by atoms with E-state index < -0.39 is 0 Å². The minimum atomic E-state index is -0.218. The van der Waals surface area contributed by atoms with Crippen molar-refractivity contribution in [2.45, 2.75) is 5.16 Å². The molecule has 0 spiro atoms. The maximum absolute atomic E-state index is 13.8. The second-order valence-corrected chi connectivity index (χ2v) is 6.08. The lowest BCUT2D eigenvalue weighted by molar-refractivity contribution is -0.128. The Kier molecular flexibility index (Phi) is 5.07. The van der Waals surface area contributed by atoms with Crippen molar-refractivity contribution in [1.82, 2.24) is 14.9 Å².